The number of nitrogens with zero attached hydrogens (tertiary/aromatic N) is 4. The molecule has 188 valence electrons. The van der Waals surface area contributed by atoms with E-state index in [4.69, 9.17) is 9.15 Å². The van der Waals surface area contributed by atoms with Crippen molar-refractivity contribution in [1.29, 1.82) is 0 Å². The smallest absolute Gasteiger partial charge is 0.254 e. The van der Waals surface area contributed by atoms with Gasteiger partial charge in [-0.25, -0.2) is 4.98 Å². The van der Waals surface area contributed by atoms with Crippen LogP contribution in [0, 0.1) is 0 Å². The van der Waals surface area contributed by atoms with Gasteiger partial charge in [-0.15, -0.1) is 0 Å². The Labute approximate surface area is 216 Å². The van der Waals surface area contributed by atoms with Gasteiger partial charge >= 0.3 is 0 Å². The number of furan rings is 1. The number of pyridine rings is 1. The number of ether oxygens (including phenoxy) is 1. The standard InChI is InChI=1S/C30H30N4O3/c35-30(25-9-7-24(8-10-25)27-4-3-18-36-27)34-17-19-37-28-11-6-23(20-26(28)22-34)21-32-13-15-33(16-14-32)29-5-1-2-12-31-29/h1-12,18,20H,13-17,19,21-22H2. The van der Waals surface area contributed by atoms with Crippen LogP contribution in [0.5, 0.6) is 5.75 Å². The van der Waals surface area contributed by atoms with Crippen LogP contribution in [0.3, 0.4) is 0 Å². The van der Waals surface area contributed by atoms with Crippen LogP contribution in [-0.2, 0) is 13.1 Å². The van der Waals surface area contributed by atoms with E-state index in [1.54, 1.807) is 6.26 Å². The van der Waals surface area contributed by atoms with E-state index in [1.807, 2.05) is 59.6 Å². The molecule has 0 unspecified atom stereocenters. The van der Waals surface area contributed by atoms with E-state index >= 15 is 0 Å². The molecule has 0 bridgehead atoms. The molecule has 2 aliphatic rings. The maximum atomic E-state index is 13.3. The molecule has 7 heteroatoms. The van der Waals surface area contributed by atoms with Crippen LogP contribution >= 0.6 is 0 Å². The van der Waals surface area contributed by atoms with Crippen molar-refractivity contribution in [3.05, 3.63) is 102 Å². The molecule has 2 aromatic carbocycles. The molecule has 2 aliphatic heterocycles. The largest absolute Gasteiger partial charge is 0.491 e. The summed E-state index contributed by atoms with van der Waals surface area (Å²) in [5.74, 6) is 2.72. The number of fused-ring (bicyclic) bond motifs is 1. The summed E-state index contributed by atoms with van der Waals surface area (Å²) >= 11 is 0. The number of amides is 1. The van der Waals surface area contributed by atoms with Crippen LogP contribution in [0.25, 0.3) is 11.3 Å². The molecule has 0 atom stereocenters. The van der Waals surface area contributed by atoms with Gasteiger partial charge in [0.2, 0.25) is 0 Å². The highest BCUT2D eigenvalue weighted by atomic mass is 16.5. The first-order valence-electron chi connectivity index (χ1n) is 12.8. The second-order valence-electron chi connectivity index (χ2n) is 9.52. The third kappa shape index (κ3) is 5.22. The molecule has 0 spiro atoms. The Hall–Kier alpha value is -4.10. The van der Waals surface area contributed by atoms with Crippen molar-refractivity contribution in [2.45, 2.75) is 13.1 Å². The monoisotopic (exact) mass is 494 g/mol. The number of piperazine rings is 1. The Kier molecular flexibility index (Phi) is 6.60. The van der Waals surface area contributed by atoms with Gasteiger partial charge in [-0.2, -0.15) is 0 Å². The molecule has 1 fully saturated rings. The quantitative estimate of drug-likeness (QED) is 0.401. The summed E-state index contributed by atoms with van der Waals surface area (Å²) in [7, 11) is 0. The molecule has 37 heavy (non-hydrogen) atoms. The topological polar surface area (TPSA) is 62.1 Å². The number of rotatable bonds is 5. The average molecular weight is 495 g/mol. The summed E-state index contributed by atoms with van der Waals surface area (Å²) in [6.45, 7) is 6.36. The Bertz CT molecular complexity index is 1330. The minimum absolute atomic E-state index is 0.0125. The number of carbonyl (C=O) groups is 1. The second-order valence-corrected chi connectivity index (χ2v) is 9.52. The summed E-state index contributed by atoms with van der Waals surface area (Å²) in [5.41, 5.74) is 3.92. The lowest BCUT2D eigenvalue weighted by molar-refractivity contribution is 0.0733. The molecule has 4 heterocycles. The zero-order valence-corrected chi connectivity index (χ0v) is 20.8. The molecule has 1 amide bonds. The highest BCUT2D eigenvalue weighted by molar-refractivity contribution is 5.94. The first-order valence-corrected chi connectivity index (χ1v) is 12.8. The average Bonchev–Trinajstić information content (AvgIpc) is 3.41. The van der Waals surface area contributed by atoms with Crippen molar-refractivity contribution >= 4 is 11.7 Å². The Morgan fingerprint density at radius 1 is 0.892 bits per heavy atom. The zero-order chi connectivity index (χ0) is 25.0. The molecule has 0 radical (unpaired) electrons. The van der Waals surface area contributed by atoms with Crippen molar-refractivity contribution in [2.75, 3.05) is 44.2 Å². The van der Waals surface area contributed by atoms with E-state index in [0.717, 1.165) is 61.2 Å². The molecular weight excluding hydrogens is 464 g/mol. The highest BCUT2D eigenvalue weighted by Crippen LogP contribution is 2.27. The van der Waals surface area contributed by atoms with Gasteiger partial charge in [-0.05, 0) is 54.1 Å². The minimum atomic E-state index is 0.0125. The third-order valence-electron chi connectivity index (χ3n) is 7.08. The van der Waals surface area contributed by atoms with E-state index in [9.17, 15) is 4.79 Å². The predicted molar refractivity (Wildman–Crippen MR) is 143 cm³/mol. The Morgan fingerprint density at radius 2 is 1.76 bits per heavy atom. The SMILES string of the molecule is O=C(c1ccc(-c2ccco2)cc1)N1CCOc2ccc(CN3CCN(c4ccccn4)CC3)cc2C1. The maximum Gasteiger partial charge on any atom is 0.254 e. The van der Waals surface area contributed by atoms with Gasteiger partial charge in [0.05, 0.1) is 12.8 Å². The summed E-state index contributed by atoms with van der Waals surface area (Å²) in [4.78, 5) is 24.5. The van der Waals surface area contributed by atoms with E-state index in [0.29, 0.717) is 25.3 Å². The lowest BCUT2D eigenvalue weighted by Gasteiger charge is -2.35. The fourth-order valence-corrected chi connectivity index (χ4v) is 5.06. The van der Waals surface area contributed by atoms with E-state index in [1.165, 1.54) is 5.56 Å². The predicted octanol–water partition coefficient (Wildman–Crippen LogP) is 4.70. The maximum absolute atomic E-state index is 13.3. The van der Waals surface area contributed by atoms with Gasteiger partial charge in [0, 0.05) is 62.2 Å². The van der Waals surface area contributed by atoms with E-state index in [2.05, 4.69) is 39.0 Å². The Morgan fingerprint density at radius 3 is 2.51 bits per heavy atom. The van der Waals surface area contributed by atoms with Crippen molar-refractivity contribution in [3.8, 4) is 17.1 Å². The summed E-state index contributed by atoms with van der Waals surface area (Å²) in [6.07, 6.45) is 3.50. The van der Waals surface area contributed by atoms with Gasteiger partial charge in [0.1, 0.15) is 23.9 Å². The van der Waals surface area contributed by atoms with Crippen molar-refractivity contribution < 1.29 is 13.9 Å². The molecule has 0 saturated carbocycles. The van der Waals surface area contributed by atoms with Gasteiger partial charge < -0.3 is 19.0 Å². The van der Waals surface area contributed by atoms with Crippen LogP contribution in [-0.4, -0.2) is 60.0 Å². The first-order chi connectivity index (χ1) is 18.2. The molecule has 6 rings (SSSR count). The zero-order valence-electron chi connectivity index (χ0n) is 20.8. The van der Waals surface area contributed by atoms with Crippen LogP contribution in [0.4, 0.5) is 5.82 Å². The van der Waals surface area contributed by atoms with Gasteiger partial charge in [0.15, 0.2) is 0 Å². The number of hydrogen-bond acceptors (Lipinski definition) is 6. The second kappa shape index (κ2) is 10.5. The number of benzene rings is 2. The fraction of sp³-hybridized carbons (Fsp3) is 0.267. The van der Waals surface area contributed by atoms with Gasteiger partial charge in [0.25, 0.3) is 5.91 Å². The molecule has 2 aromatic heterocycles. The van der Waals surface area contributed by atoms with Crippen molar-refractivity contribution in [1.82, 2.24) is 14.8 Å². The van der Waals surface area contributed by atoms with Crippen LogP contribution in [0.15, 0.2) is 89.7 Å². The van der Waals surface area contributed by atoms with Gasteiger partial charge in [-0.1, -0.05) is 24.3 Å². The molecule has 0 aliphatic carbocycles. The summed E-state index contributed by atoms with van der Waals surface area (Å²) in [6, 6.07) is 23.8. The van der Waals surface area contributed by atoms with Crippen LogP contribution in [0.2, 0.25) is 0 Å². The third-order valence-corrected chi connectivity index (χ3v) is 7.08. The first kappa shape index (κ1) is 23.3. The molecule has 1 saturated heterocycles. The molecule has 4 aromatic rings. The molecular formula is C30H30N4O3. The normalized spacial score (nSPS) is 16.1. The number of carbonyl (C=O) groups excluding carboxylic acids is 1. The minimum Gasteiger partial charge on any atom is -0.491 e. The highest BCUT2D eigenvalue weighted by Gasteiger charge is 2.23. The van der Waals surface area contributed by atoms with Crippen molar-refractivity contribution in [3.63, 3.8) is 0 Å². The fourth-order valence-electron chi connectivity index (χ4n) is 5.06. The van der Waals surface area contributed by atoms with E-state index in [-0.39, 0.29) is 5.91 Å². The summed E-state index contributed by atoms with van der Waals surface area (Å²) < 4.78 is 11.5. The molecule has 0 N–H and O–H groups in total. The van der Waals surface area contributed by atoms with Crippen LogP contribution < -0.4 is 9.64 Å². The summed E-state index contributed by atoms with van der Waals surface area (Å²) in [5, 5.41) is 0. The van der Waals surface area contributed by atoms with E-state index < -0.39 is 0 Å². The van der Waals surface area contributed by atoms with Crippen LogP contribution in [0.1, 0.15) is 21.5 Å². The number of aromatic nitrogens is 1. The Balaban J connectivity index is 1.11. The number of hydrogen-bond donors (Lipinski definition) is 0. The van der Waals surface area contributed by atoms with Gasteiger partial charge in [-0.3, -0.25) is 9.69 Å². The number of anilines is 1. The van der Waals surface area contributed by atoms with Crippen molar-refractivity contribution in [2.24, 2.45) is 0 Å². The lowest BCUT2D eigenvalue weighted by atomic mass is 10.1. The lowest BCUT2D eigenvalue weighted by Crippen LogP contribution is -2.46. The molecule has 7 nitrogen and oxygen atoms in total.